The van der Waals surface area contributed by atoms with Crippen LogP contribution < -0.4 is 0 Å². The van der Waals surface area contributed by atoms with Gasteiger partial charge in [0.15, 0.2) is 0 Å². The first-order chi connectivity index (χ1) is 9.98. The van der Waals surface area contributed by atoms with Gasteiger partial charge in [0.1, 0.15) is 4.90 Å². The number of imidazole rings is 1. The second-order valence-electron chi connectivity index (χ2n) is 4.85. The Hall–Kier alpha value is -1.08. The first-order valence-corrected chi connectivity index (χ1v) is 8.62. The zero-order valence-corrected chi connectivity index (χ0v) is 13.4. The summed E-state index contributed by atoms with van der Waals surface area (Å²) in [4.78, 5) is 4.11. The van der Waals surface area contributed by atoms with E-state index in [1.807, 2.05) is 4.57 Å². The molecule has 0 radical (unpaired) electrons. The molecule has 1 aromatic heterocycles. The van der Waals surface area contributed by atoms with Crippen molar-refractivity contribution in [3.8, 4) is 0 Å². The lowest BCUT2D eigenvalue weighted by Crippen LogP contribution is -2.31. The topological polar surface area (TPSA) is 55.2 Å². The molecule has 0 spiro atoms. The first kappa shape index (κ1) is 14.8. The van der Waals surface area contributed by atoms with Crippen LogP contribution in [0.4, 0.5) is 0 Å². The summed E-state index contributed by atoms with van der Waals surface area (Å²) < 4.78 is 29.0. The highest BCUT2D eigenvalue weighted by Gasteiger charge is 2.29. The van der Waals surface area contributed by atoms with Gasteiger partial charge in [0.25, 0.3) is 0 Å². The summed E-state index contributed by atoms with van der Waals surface area (Å²) in [5.41, 5.74) is 0.870. The van der Waals surface area contributed by atoms with E-state index in [0.717, 1.165) is 18.7 Å². The Kier molecular flexibility index (Phi) is 3.96. The van der Waals surface area contributed by atoms with Gasteiger partial charge in [-0.3, -0.25) is 0 Å². The molecule has 2 heterocycles. The van der Waals surface area contributed by atoms with E-state index >= 15 is 0 Å². The number of hydrogen-bond acceptors (Lipinski definition) is 3. The van der Waals surface area contributed by atoms with Crippen LogP contribution in [0.2, 0.25) is 10.0 Å². The molecule has 1 aromatic carbocycles. The number of fused-ring (bicyclic) bond motifs is 1. The molecule has 2 aromatic rings. The molecule has 1 aliphatic rings. The van der Waals surface area contributed by atoms with E-state index in [4.69, 9.17) is 23.2 Å². The maximum atomic E-state index is 12.8. The fraction of sp³-hybridized carbons (Fsp3) is 0.308. The molecule has 0 saturated heterocycles. The minimum Gasteiger partial charge on any atom is -0.333 e. The van der Waals surface area contributed by atoms with Crippen molar-refractivity contribution < 1.29 is 8.42 Å². The normalized spacial score (nSPS) is 16.5. The molecular formula is C13H13Cl2N3O2S. The van der Waals surface area contributed by atoms with Crippen LogP contribution in [0.3, 0.4) is 0 Å². The standard InChI is InChI=1S/C13H13Cl2N3O2S/c14-10-2-3-12(15)13(6-10)21(19,20)18-5-1-4-17-9-16-7-11(17)8-18/h2-3,6-7,9H,1,4-5,8H2. The summed E-state index contributed by atoms with van der Waals surface area (Å²) >= 11 is 11.9. The summed E-state index contributed by atoms with van der Waals surface area (Å²) in [6.45, 7) is 1.47. The molecule has 112 valence electrons. The molecular weight excluding hydrogens is 333 g/mol. The molecule has 3 rings (SSSR count). The van der Waals surface area contributed by atoms with Crippen LogP contribution >= 0.6 is 23.2 Å². The van der Waals surface area contributed by atoms with Crippen LogP contribution in [0.25, 0.3) is 0 Å². The number of rotatable bonds is 2. The zero-order valence-electron chi connectivity index (χ0n) is 11.0. The molecule has 1 aliphatic heterocycles. The predicted octanol–water partition coefficient (Wildman–Crippen LogP) is 2.78. The van der Waals surface area contributed by atoms with Crippen molar-refractivity contribution in [1.82, 2.24) is 13.9 Å². The zero-order chi connectivity index (χ0) is 15.0. The lowest BCUT2D eigenvalue weighted by Gasteiger charge is -2.20. The van der Waals surface area contributed by atoms with Gasteiger partial charge in [-0.1, -0.05) is 23.2 Å². The molecule has 5 nitrogen and oxygen atoms in total. The molecule has 0 bridgehead atoms. The Morgan fingerprint density at radius 1 is 1.19 bits per heavy atom. The summed E-state index contributed by atoms with van der Waals surface area (Å²) in [6, 6.07) is 4.46. The Labute approximate surface area is 133 Å². The van der Waals surface area contributed by atoms with Gasteiger partial charge in [-0.25, -0.2) is 13.4 Å². The van der Waals surface area contributed by atoms with Gasteiger partial charge in [-0.15, -0.1) is 0 Å². The van der Waals surface area contributed by atoms with Gasteiger partial charge >= 0.3 is 0 Å². The van der Waals surface area contributed by atoms with Crippen LogP contribution in [-0.2, 0) is 23.1 Å². The van der Waals surface area contributed by atoms with E-state index in [-0.39, 0.29) is 16.5 Å². The van der Waals surface area contributed by atoms with Crippen molar-refractivity contribution in [2.75, 3.05) is 6.54 Å². The van der Waals surface area contributed by atoms with Crippen LogP contribution in [0.15, 0.2) is 35.6 Å². The Morgan fingerprint density at radius 3 is 2.81 bits per heavy atom. The molecule has 21 heavy (non-hydrogen) atoms. The van der Waals surface area contributed by atoms with Crippen molar-refractivity contribution in [2.24, 2.45) is 0 Å². The van der Waals surface area contributed by atoms with Crippen molar-refractivity contribution in [1.29, 1.82) is 0 Å². The SMILES string of the molecule is O=S(=O)(c1cc(Cl)ccc1Cl)N1CCCn2cncc2C1. The molecule has 8 heteroatoms. The number of halogens is 2. The number of benzene rings is 1. The maximum Gasteiger partial charge on any atom is 0.244 e. The monoisotopic (exact) mass is 345 g/mol. The average molecular weight is 346 g/mol. The molecule has 0 aliphatic carbocycles. The Balaban J connectivity index is 2.00. The Morgan fingerprint density at radius 2 is 2.00 bits per heavy atom. The third-order valence-electron chi connectivity index (χ3n) is 3.45. The summed E-state index contributed by atoms with van der Waals surface area (Å²) in [5.74, 6) is 0. The van der Waals surface area contributed by atoms with Gasteiger partial charge in [-0.05, 0) is 24.6 Å². The number of sulfonamides is 1. The van der Waals surface area contributed by atoms with Crippen LogP contribution in [0.5, 0.6) is 0 Å². The smallest absolute Gasteiger partial charge is 0.244 e. The van der Waals surface area contributed by atoms with E-state index in [0.29, 0.717) is 11.6 Å². The van der Waals surface area contributed by atoms with E-state index in [9.17, 15) is 8.42 Å². The van der Waals surface area contributed by atoms with E-state index in [1.165, 1.54) is 16.4 Å². The largest absolute Gasteiger partial charge is 0.333 e. The van der Waals surface area contributed by atoms with Crippen molar-refractivity contribution >= 4 is 33.2 Å². The highest BCUT2D eigenvalue weighted by Crippen LogP contribution is 2.29. The second kappa shape index (κ2) is 5.61. The fourth-order valence-corrected chi connectivity index (χ4v) is 4.56. The quantitative estimate of drug-likeness (QED) is 0.840. The van der Waals surface area contributed by atoms with Gasteiger partial charge in [0.2, 0.25) is 10.0 Å². The van der Waals surface area contributed by atoms with Crippen molar-refractivity contribution in [2.45, 2.75) is 24.4 Å². The molecule has 0 fully saturated rings. The Bertz CT molecular complexity index is 773. The second-order valence-corrected chi connectivity index (χ2v) is 7.60. The van der Waals surface area contributed by atoms with E-state index in [2.05, 4.69) is 4.98 Å². The third kappa shape index (κ3) is 2.81. The van der Waals surface area contributed by atoms with Gasteiger partial charge in [0, 0.05) is 24.3 Å². The lowest BCUT2D eigenvalue weighted by molar-refractivity contribution is 0.409. The van der Waals surface area contributed by atoms with Crippen molar-refractivity contribution in [3.63, 3.8) is 0 Å². The maximum absolute atomic E-state index is 12.8. The predicted molar refractivity (Wildman–Crippen MR) is 80.9 cm³/mol. The van der Waals surface area contributed by atoms with Crippen LogP contribution in [-0.4, -0.2) is 28.8 Å². The number of nitrogens with zero attached hydrogens (tertiary/aromatic N) is 3. The molecule has 0 saturated carbocycles. The van der Waals surface area contributed by atoms with E-state index < -0.39 is 10.0 Å². The van der Waals surface area contributed by atoms with E-state index in [1.54, 1.807) is 18.6 Å². The summed E-state index contributed by atoms with van der Waals surface area (Å²) in [7, 11) is -3.68. The summed E-state index contributed by atoms with van der Waals surface area (Å²) in [6.07, 6.45) is 4.13. The van der Waals surface area contributed by atoms with Crippen LogP contribution in [0, 0.1) is 0 Å². The van der Waals surface area contributed by atoms with Gasteiger partial charge < -0.3 is 4.57 Å². The number of aryl methyl sites for hydroxylation is 1. The minimum absolute atomic E-state index is 0.0460. The third-order valence-corrected chi connectivity index (χ3v) is 6.02. The van der Waals surface area contributed by atoms with Gasteiger partial charge in [-0.2, -0.15) is 4.31 Å². The highest BCUT2D eigenvalue weighted by molar-refractivity contribution is 7.89. The van der Waals surface area contributed by atoms with Crippen LogP contribution in [0.1, 0.15) is 12.1 Å². The lowest BCUT2D eigenvalue weighted by atomic mass is 10.4. The number of hydrogen-bond donors (Lipinski definition) is 0. The molecule has 0 amide bonds. The highest BCUT2D eigenvalue weighted by atomic mass is 35.5. The fourth-order valence-electron chi connectivity index (χ4n) is 2.38. The molecule has 0 unspecified atom stereocenters. The number of aromatic nitrogens is 2. The molecule has 0 N–H and O–H groups in total. The minimum atomic E-state index is -3.68. The van der Waals surface area contributed by atoms with Gasteiger partial charge in [0.05, 0.1) is 23.6 Å². The average Bonchev–Trinajstić information content (AvgIpc) is 2.78. The first-order valence-electron chi connectivity index (χ1n) is 6.43. The molecule has 0 atom stereocenters. The summed E-state index contributed by atoms with van der Waals surface area (Å²) in [5, 5.41) is 0.523. The van der Waals surface area contributed by atoms with Crippen molar-refractivity contribution in [3.05, 3.63) is 46.5 Å².